The lowest BCUT2D eigenvalue weighted by Gasteiger charge is -2.33. The number of aromatic hydroxyl groups is 2. The number of nitrogens with zero attached hydrogens (tertiary/aromatic N) is 4. The molecule has 1 saturated heterocycles. The summed E-state index contributed by atoms with van der Waals surface area (Å²) in [4.78, 5) is 2.25. The van der Waals surface area contributed by atoms with Crippen LogP contribution in [0.15, 0.2) is 48.5 Å². The number of benzene rings is 3. The van der Waals surface area contributed by atoms with Crippen molar-refractivity contribution in [1.29, 1.82) is 0 Å². The fraction of sp³-hybridized carbons (Fsp3) is 0.355. The quantitative estimate of drug-likeness (QED) is 0.297. The molecule has 0 spiro atoms. The van der Waals surface area contributed by atoms with E-state index < -0.39 is 0 Å². The first kappa shape index (κ1) is 26.3. The molecular weight excluding hydrogens is 509 g/mol. The van der Waals surface area contributed by atoms with Crippen molar-refractivity contribution < 1.29 is 19.3 Å². The summed E-state index contributed by atoms with van der Waals surface area (Å²) < 4.78 is 23.3. The maximum Gasteiger partial charge on any atom is 0.168 e. The third-order valence-electron chi connectivity index (χ3n) is 7.97. The monoisotopic (exact) mass is 543 g/mol. The summed E-state index contributed by atoms with van der Waals surface area (Å²) >= 11 is 0. The number of phenols is 2. The predicted molar refractivity (Wildman–Crippen MR) is 152 cm³/mol. The van der Waals surface area contributed by atoms with E-state index >= 15 is 4.39 Å². The normalized spacial score (nSPS) is 16.0. The molecule has 2 aliphatic heterocycles. The van der Waals surface area contributed by atoms with E-state index in [0.717, 1.165) is 41.3 Å². The number of morpholine rings is 1. The van der Waals surface area contributed by atoms with Gasteiger partial charge < -0.3 is 20.3 Å². The van der Waals surface area contributed by atoms with Crippen molar-refractivity contribution in [3.8, 4) is 39.7 Å². The molecule has 1 unspecified atom stereocenters. The maximum atomic E-state index is 15.9. The van der Waals surface area contributed by atoms with E-state index in [1.54, 1.807) is 24.3 Å². The van der Waals surface area contributed by atoms with Gasteiger partial charge in [-0.25, -0.2) is 4.39 Å². The van der Waals surface area contributed by atoms with Crippen LogP contribution in [0, 0.1) is 5.82 Å². The Bertz CT molecular complexity index is 1540. The Morgan fingerprint density at radius 3 is 2.42 bits per heavy atom. The standard InChI is InChI=1S/C31H34FN5O3/c1-18(2)23-17-20(7-8-21(23)29-26(38)5-4-6-27(29)39)31-35-34-28-12-9-22-25(37(28)31)11-10-24(30(22)32)33-19(3)36-13-15-40-16-14-36/h4-8,10-11,17-19,33,38-39H,9,12-16H2,1-3H3. The Kier molecular flexibility index (Phi) is 6.93. The van der Waals surface area contributed by atoms with Gasteiger partial charge in [0.2, 0.25) is 0 Å². The van der Waals surface area contributed by atoms with E-state index in [2.05, 4.69) is 34.3 Å². The number of hydrogen-bond donors (Lipinski definition) is 3. The van der Waals surface area contributed by atoms with Gasteiger partial charge in [-0.05, 0) is 60.7 Å². The Morgan fingerprint density at radius 2 is 1.70 bits per heavy atom. The zero-order valence-corrected chi connectivity index (χ0v) is 23.0. The van der Waals surface area contributed by atoms with Crippen LogP contribution >= 0.6 is 0 Å². The molecule has 1 atom stereocenters. The highest BCUT2D eigenvalue weighted by Crippen LogP contribution is 2.42. The highest BCUT2D eigenvalue weighted by Gasteiger charge is 2.27. The molecule has 1 aromatic heterocycles. The Labute approximate surface area is 233 Å². The zero-order chi connectivity index (χ0) is 28.0. The molecule has 0 amide bonds. The molecule has 208 valence electrons. The molecule has 0 bridgehead atoms. The molecule has 1 fully saturated rings. The van der Waals surface area contributed by atoms with Crippen molar-refractivity contribution in [2.45, 2.75) is 45.7 Å². The van der Waals surface area contributed by atoms with Crippen LogP contribution in [0.3, 0.4) is 0 Å². The molecule has 3 heterocycles. The average Bonchev–Trinajstić information content (AvgIpc) is 3.39. The molecule has 3 aromatic carbocycles. The number of aryl methyl sites for hydroxylation is 1. The molecule has 0 aliphatic carbocycles. The number of nitrogens with one attached hydrogen (secondary N) is 1. The van der Waals surface area contributed by atoms with Crippen LogP contribution in [-0.2, 0) is 17.6 Å². The van der Waals surface area contributed by atoms with Crippen LogP contribution in [0.2, 0.25) is 0 Å². The van der Waals surface area contributed by atoms with Crippen molar-refractivity contribution in [3.05, 3.63) is 71.3 Å². The van der Waals surface area contributed by atoms with Gasteiger partial charge in [-0.2, -0.15) is 0 Å². The third kappa shape index (κ3) is 4.59. The van der Waals surface area contributed by atoms with Crippen LogP contribution in [0.25, 0.3) is 28.2 Å². The fourth-order valence-electron chi connectivity index (χ4n) is 5.82. The van der Waals surface area contributed by atoms with E-state index in [9.17, 15) is 10.2 Å². The molecule has 6 rings (SSSR count). The summed E-state index contributed by atoms with van der Waals surface area (Å²) in [6.45, 7) is 9.18. The molecule has 0 radical (unpaired) electrons. The Hall–Kier alpha value is -3.95. The topological polar surface area (TPSA) is 95.7 Å². The minimum atomic E-state index is -0.240. The second-order valence-electron chi connectivity index (χ2n) is 10.8. The summed E-state index contributed by atoms with van der Waals surface area (Å²) in [6.07, 6.45) is 1.11. The lowest BCUT2D eigenvalue weighted by molar-refractivity contribution is 0.0253. The van der Waals surface area contributed by atoms with E-state index in [1.807, 2.05) is 35.8 Å². The second-order valence-corrected chi connectivity index (χ2v) is 10.8. The fourth-order valence-corrected chi connectivity index (χ4v) is 5.82. The molecular formula is C31H34FN5O3. The average molecular weight is 544 g/mol. The zero-order valence-electron chi connectivity index (χ0n) is 23.0. The van der Waals surface area contributed by atoms with Crippen molar-refractivity contribution in [2.24, 2.45) is 0 Å². The summed E-state index contributed by atoms with van der Waals surface area (Å²) in [6, 6.07) is 14.3. The first-order chi connectivity index (χ1) is 19.3. The largest absolute Gasteiger partial charge is 0.507 e. The summed E-state index contributed by atoms with van der Waals surface area (Å²) in [5.74, 6) is 1.32. The number of hydrogen-bond acceptors (Lipinski definition) is 7. The van der Waals surface area contributed by atoms with Gasteiger partial charge in [-0.15, -0.1) is 10.2 Å². The number of halogens is 1. The van der Waals surface area contributed by atoms with E-state index in [0.29, 0.717) is 48.7 Å². The summed E-state index contributed by atoms with van der Waals surface area (Å²) in [7, 11) is 0. The Morgan fingerprint density at radius 1 is 0.950 bits per heavy atom. The Balaban J connectivity index is 1.38. The lowest BCUT2D eigenvalue weighted by Crippen LogP contribution is -2.45. The van der Waals surface area contributed by atoms with Crippen LogP contribution in [-0.4, -0.2) is 62.3 Å². The van der Waals surface area contributed by atoms with Gasteiger partial charge in [0.05, 0.1) is 36.3 Å². The molecule has 40 heavy (non-hydrogen) atoms. The van der Waals surface area contributed by atoms with Crippen molar-refractivity contribution >= 4 is 5.69 Å². The van der Waals surface area contributed by atoms with Gasteiger partial charge in [0.1, 0.15) is 17.3 Å². The molecule has 0 saturated carbocycles. The number of ether oxygens (including phenoxy) is 1. The van der Waals surface area contributed by atoms with Crippen LogP contribution < -0.4 is 5.32 Å². The summed E-state index contributed by atoms with van der Waals surface area (Å²) in [5.41, 5.74) is 4.82. The van der Waals surface area contributed by atoms with Gasteiger partial charge in [0, 0.05) is 30.6 Å². The van der Waals surface area contributed by atoms with Gasteiger partial charge in [0.25, 0.3) is 0 Å². The van der Waals surface area contributed by atoms with Gasteiger partial charge >= 0.3 is 0 Å². The summed E-state index contributed by atoms with van der Waals surface area (Å²) in [5, 5.41) is 33.4. The minimum absolute atomic E-state index is 0.0162. The van der Waals surface area contributed by atoms with Gasteiger partial charge in [-0.3, -0.25) is 9.47 Å². The van der Waals surface area contributed by atoms with Crippen LogP contribution in [0.5, 0.6) is 11.5 Å². The van der Waals surface area contributed by atoms with E-state index in [-0.39, 0.29) is 29.4 Å². The first-order valence-electron chi connectivity index (χ1n) is 13.8. The molecule has 8 nitrogen and oxygen atoms in total. The number of aromatic nitrogens is 3. The first-order valence-corrected chi connectivity index (χ1v) is 13.8. The SMILES string of the molecule is CC(C)c1cc(-c2nnc3n2-c2ccc(NC(C)N4CCOCC4)c(F)c2CC3)ccc1-c1c(O)cccc1O. The van der Waals surface area contributed by atoms with Gasteiger partial charge in [-0.1, -0.05) is 32.0 Å². The maximum absolute atomic E-state index is 15.9. The molecule has 4 aromatic rings. The number of fused-ring (bicyclic) bond motifs is 3. The number of phenolic OH excluding ortho intramolecular Hbond substituents is 2. The smallest absolute Gasteiger partial charge is 0.168 e. The molecule has 2 aliphatic rings. The third-order valence-corrected chi connectivity index (χ3v) is 7.97. The van der Waals surface area contributed by atoms with E-state index in [1.165, 1.54) is 0 Å². The van der Waals surface area contributed by atoms with Crippen molar-refractivity contribution in [2.75, 3.05) is 31.6 Å². The minimum Gasteiger partial charge on any atom is -0.507 e. The second kappa shape index (κ2) is 10.6. The highest BCUT2D eigenvalue weighted by molar-refractivity contribution is 5.81. The highest BCUT2D eigenvalue weighted by atomic mass is 19.1. The van der Waals surface area contributed by atoms with E-state index in [4.69, 9.17) is 4.74 Å². The molecule has 9 heteroatoms. The predicted octanol–water partition coefficient (Wildman–Crippen LogP) is 5.46. The molecule has 3 N–H and O–H groups in total. The van der Waals surface area contributed by atoms with Crippen LogP contribution in [0.1, 0.15) is 43.6 Å². The van der Waals surface area contributed by atoms with Crippen LogP contribution in [0.4, 0.5) is 10.1 Å². The number of anilines is 1. The van der Waals surface area contributed by atoms with Gasteiger partial charge in [0.15, 0.2) is 11.6 Å². The lowest BCUT2D eigenvalue weighted by atomic mass is 9.90. The number of rotatable bonds is 6. The van der Waals surface area contributed by atoms with Crippen molar-refractivity contribution in [3.63, 3.8) is 0 Å². The van der Waals surface area contributed by atoms with Crippen molar-refractivity contribution in [1.82, 2.24) is 19.7 Å².